The Morgan fingerprint density at radius 2 is 2.44 bits per heavy atom. The van der Waals surface area contributed by atoms with Crippen molar-refractivity contribution < 1.29 is 4.39 Å². The van der Waals surface area contributed by atoms with Crippen LogP contribution in [0.3, 0.4) is 0 Å². The Kier molecular flexibility index (Phi) is 2.05. The summed E-state index contributed by atoms with van der Waals surface area (Å²) in [5.41, 5.74) is 0. The third kappa shape index (κ3) is 1.68. The maximum absolute atomic E-state index is 12.2. The fourth-order valence-electron chi connectivity index (χ4n) is 0.584. The number of thiophene rings is 1. The lowest BCUT2D eigenvalue weighted by molar-refractivity contribution is 0.657. The molecule has 0 aliphatic heterocycles. The molecule has 0 aliphatic carbocycles. The molecule has 9 heavy (non-hydrogen) atoms. The first-order valence-electron chi connectivity index (χ1n) is 2.82. The zero-order valence-electron chi connectivity index (χ0n) is 5.15. The summed E-state index contributed by atoms with van der Waals surface area (Å²) in [7, 11) is 0. The van der Waals surface area contributed by atoms with Gasteiger partial charge in [0.15, 0.2) is 5.13 Å². The molecular weight excluding hydrogens is 137 g/mol. The predicted octanol–water partition coefficient (Wildman–Crippen LogP) is 2.32. The van der Waals surface area contributed by atoms with E-state index in [4.69, 9.17) is 0 Å². The van der Waals surface area contributed by atoms with Gasteiger partial charge in [-0.2, -0.15) is 4.39 Å². The topological polar surface area (TPSA) is 12.0 Å². The zero-order valence-corrected chi connectivity index (χ0v) is 5.96. The first-order chi connectivity index (χ1) is 4.33. The first-order valence-corrected chi connectivity index (χ1v) is 3.64. The second-order valence-electron chi connectivity index (χ2n) is 1.63. The van der Waals surface area contributed by atoms with Crippen molar-refractivity contribution in [2.45, 2.75) is 6.92 Å². The van der Waals surface area contributed by atoms with E-state index in [0.29, 0.717) is 0 Å². The van der Waals surface area contributed by atoms with Gasteiger partial charge in [0.1, 0.15) is 0 Å². The Labute approximate surface area is 57.5 Å². The molecule has 50 valence electrons. The monoisotopic (exact) mass is 145 g/mol. The average Bonchev–Trinajstić information content (AvgIpc) is 2.17. The summed E-state index contributed by atoms with van der Waals surface area (Å²) >= 11 is 1.13. The van der Waals surface area contributed by atoms with Gasteiger partial charge in [-0.25, -0.2) is 0 Å². The van der Waals surface area contributed by atoms with Crippen molar-refractivity contribution in [2.75, 3.05) is 11.9 Å². The molecule has 1 nitrogen and oxygen atoms in total. The number of rotatable bonds is 2. The highest BCUT2D eigenvalue weighted by Crippen LogP contribution is 2.18. The molecule has 1 heterocycles. The minimum absolute atomic E-state index is 0.133. The Bertz CT molecular complexity index is 185. The zero-order chi connectivity index (χ0) is 6.69. The van der Waals surface area contributed by atoms with Crippen LogP contribution < -0.4 is 5.32 Å². The van der Waals surface area contributed by atoms with Gasteiger partial charge in [0.05, 0.1) is 5.00 Å². The highest BCUT2D eigenvalue weighted by atomic mass is 32.1. The molecule has 1 rings (SSSR count). The molecule has 0 radical (unpaired) electrons. The molecule has 1 aromatic heterocycles. The lowest BCUT2D eigenvalue weighted by atomic mass is 10.6. The van der Waals surface area contributed by atoms with E-state index in [2.05, 4.69) is 5.32 Å². The summed E-state index contributed by atoms with van der Waals surface area (Å²) in [6.45, 7) is 2.83. The normalized spacial score (nSPS) is 9.56. The third-order valence-corrected chi connectivity index (χ3v) is 1.76. The highest BCUT2D eigenvalue weighted by molar-refractivity contribution is 7.14. The van der Waals surface area contributed by atoms with E-state index in [9.17, 15) is 4.39 Å². The van der Waals surface area contributed by atoms with Crippen molar-refractivity contribution in [2.24, 2.45) is 0 Å². The van der Waals surface area contributed by atoms with E-state index < -0.39 is 0 Å². The molecule has 0 bridgehead atoms. The molecule has 0 unspecified atom stereocenters. The Morgan fingerprint density at radius 1 is 1.67 bits per heavy atom. The number of hydrogen-bond acceptors (Lipinski definition) is 2. The van der Waals surface area contributed by atoms with Crippen molar-refractivity contribution >= 4 is 16.3 Å². The van der Waals surface area contributed by atoms with Gasteiger partial charge < -0.3 is 5.32 Å². The molecule has 0 amide bonds. The summed E-state index contributed by atoms with van der Waals surface area (Å²) < 4.78 is 12.2. The standard InChI is InChI=1S/C6H8FNS/c1-2-8-6-4-3-5(7)9-6/h3-4,8H,2H2,1H3. The maximum atomic E-state index is 12.2. The van der Waals surface area contributed by atoms with Gasteiger partial charge in [-0.1, -0.05) is 11.3 Å². The summed E-state index contributed by atoms with van der Waals surface area (Å²) in [5.74, 6) is 0. The summed E-state index contributed by atoms with van der Waals surface area (Å²) in [5, 5.41) is 3.77. The lowest BCUT2D eigenvalue weighted by Gasteiger charge is -1.93. The van der Waals surface area contributed by atoms with Crippen molar-refractivity contribution in [1.82, 2.24) is 0 Å². The van der Waals surface area contributed by atoms with Gasteiger partial charge in [0.25, 0.3) is 0 Å². The van der Waals surface area contributed by atoms with Gasteiger partial charge in [0, 0.05) is 6.54 Å². The van der Waals surface area contributed by atoms with E-state index >= 15 is 0 Å². The number of halogens is 1. The molecule has 0 saturated carbocycles. The largest absolute Gasteiger partial charge is 0.377 e. The van der Waals surface area contributed by atoms with E-state index in [-0.39, 0.29) is 5.13 Å². The summed E-state index contributed by atoms with van der Waals surface area (Å²) in [4.78, 5) is 0. The van der Waals surface area contributed by atoms with Crippen LogP contribution in [-0.4, -0.2) is 6.54 Å². The molecule has 0 aliphatic rings. The molecule has 0 aromatic carbocycles. The van der Waals surface area contributed by atoms with Crippen LogP contribution in [0.5, 0.6) is 0 Å². The fraction of sp³-hybridized carbons (Fsp3) is 0.333. The fourth-order valence-corrected chi connectivity index (χ4v) is 1.28. The molecule has 0 fully saturated rings. The quantitative estimate of drug-likeness (QED) is 0.673. The van der Waals surface area contributed by atoms with Crippen LogP contribution in [0.25, 0.3) is 0 Å². The molecule has 3 heteroatoms. The number of nitrogens with one attached hydrogen (secondary N) is 1. The minimum atomic E-state index is -0.133. The molecule has 0 saturated heterocycles. The maximum Gasteiger partial charge on any atom is 0.178 e. The van der Waals surface area contributed by atoms with E-state index in [0.717, 1.165) is 22.9 Å². The van der Waals surface area contributed by atoms with Gasteiger partial charge in [-0.15, -0.1) is 0 Å². The van der Waals surface area contributed by atoms with Gasteiger partial charge in [-0.05, 0) is 19.1 Å². The van der Waals surface area contributed by atoms with Crippen molar-refractivity contribution in [3.05, 3.63) is 17.3 Å². The Hall–Kier alpha value is -0.570. The second kappa shape index (κ2) is 2.82. The van der Waals surface area contributed by atoms with Crippen LogP contribution in [0.1, 0.15) is 6.92 Å². The van der Waals surface area contributed by atoms with Gasteiger partial charge in [0.2, 0.25) is 0 Å². The van der Waals surface area contributed by atoms with Crippen LogP contribution in [0.2, 0.25) is 0 Å². The minimum Gasteiger partial charge on any atom is -0.377 e. The van der Waals surface area contributed by atoms with Crippen LogP contribution >= 0.6 is 11.3 Å². The average molecular weight is 145 g/mol. The highest BCUT2D eigenvalue weighted by Gasteiger charge is 1.94. The first kappa shape index (κ1) is 6.55. The molecule has 0 atom stereocenters. The SMILES string of the molecule is CCNc1ccc(F)s1. The number of anilines is 1. The molecule has 1 aromatic rings. The molecular formula is C6H8FNS. The van der Waals surface area contributed by atoms with Crippen LogP contribution in [0.4, 0.5) is 9.39 Å². The Balaban J connectivity index is 2.61. The van der Waals surface area contributed by atoms with Crippen LogP contribution in [0.15, 0.2) is 12.1 Å². The van der Waals surface area contributed by atoms with Crippen molar-refractivity contribution in [3.63, 3.8) is 0 Å². The van der Waals surface area contributed by atoms with Crippen LogP contribution in [0, 0.1) is 5.13 Å². The summed E-state index contributed by atoms with van der Waals surface area (Å²) in [6.07, 6.45) is 0. The number of hydrogen-bond donors (Lipinski definition) is 1. The van der Waals surface area contributed by atoms with Crippen molar-refractivity contribution in [3.8, 4) is 0 Å². The van der Waals surface area contributed by atoms with Gasteiger partial charge in [-0.3, -0.25) is 0 Å². The van der Waals surface area contributed by atoms with E-state index in [1.807, 2.05) is 6.92 Å². The summed E-state index contributed by atoms with van der Waals surface area (Å²) in [6, 6.07) is 3.20. The molecule has 0 spiro atoms. The smallest absolute Gasteiger partial charge is 0.178 e. The van der Waals surface area contributed by atoms with E-state index in [1.54, 1.807) is 6.07 Å². The Morgan fingerprint density at radius 3 is 2.89 bits per heavy atom. The third-order valence-electron chi connectivity index (χ3n) is 0.924. The van der Waals surface area contributed by atoms with Crippen LogP contribution in [-0.2, 0) is 0 Å². The van der Waals surface area contributed by atoms with Crippen molar-refractivity contribution in [1.29, 1.82) is 0 Å². The second-order valence-corrected chi connectivity index (χ2v) is 2.67. The molecule has 1 N–H and O–H groups in total. The predicted molar refractivity (Wildman–Crippen MR) is 38.4 cm³/mol. The lowest BCUT2D eigenvalue weighted by Crippen LogP contribution is -1.91. The van der Waals surface area contributed by atoms with Gasteiger partial charge >= 0.3 is 0 Å². The van der Waals surface area contributed by atoms with E-state index in [1.165, 1.54) is 6.07 Å².